The van der Waals surface area contributed by atoms with Gasteiger partial charge < -0.3 is 0 Å². The number of nitrogens with zero attached hydrogens (tertiary/aromatic N) is 2. The molecule has 0 radical (unpaired) electrons. The van der Waals surface area contributed by atoms with Crippen LogP contribution < -0.4 is 5.43 Å². The van der Waals surface area contributed by atoms with E-state index < -0.39 is 0 Å². The number of aryl methyl sites for hydroxylation is 1. The van der Waals surface area contributed by atoms with Crippen LogP contribution in [0.1, 0.15) is 60.9 Å². The molecule has 1 aromatic heterocycles. The molecule has 3 aromatic rings. The second kappa shape index (κ2) is 8.70. The van der Waals surface area contributed by atoms with Gasteiger partial charge in [0.2, 0.25) is 5.13 Å². The van der Waals surface area contributed by atoms with Crippen LogP contribution in [0.15, 0.2) is 59.7 Å². The number of nitrogens with one attached hydrogen (secondary N) is 1. The molecule has 144 valence electrons. The van der Waals surface area contributed by atoms with Crippen LogP contribution in [0.5, 0.6) is 0 Å². The van der Waals surface area contributed by atoms with E-state index in [-0.39, 0.29) is 0 Å². The summed E-state index contributed by atoms with van der Waals surface area (Å²) in [5.41, 5.74) is 8.93. The summed E-state index contributed by atoms with van der Waals surface area (Å²) in [5, 5.41) is 5.40. The van der Waals surface area contributed by atoms with Crippen LogP contribution in [-0.4, -0.2) is 10.7 Å². The second-order valence-electron chi connectivity index (χ2n) is 7.56. The molecular weight excluding hydrogens is 362 g/mol. The van der Waals surface area contributed by atoms with E-state index in [0.717, 1.165) is 33.6 Å². The molecule has 0 aliphatic heterocycles. The van der Waals surface area contributed by atoms with E-state index in [0.29, 0.717) is 0 Å². The fourth-order valence-corrected chi connectivity index (χ4v) is 4.72. The summed E-state index contributed by atoms with van der Waals surface area (Å²) in [7, 11) is 0. The summed E-state index contributed by atoms with van der Waals surface area (Å²) in [6.07, 6.45) is 6.81. The van der Waals surface area contributed by atoms with Crippen molar-refractivity contribution in [2.45, 2.75) is 51.9 Å². The topological polar surface area (TPSA) is 37.3 Å². The van der Waals surface area contributed by atoms with Crippen LogP contribution in [0, 0.1) is 6.92 Å². The van der Waals surface area contributed by atoms with Gasteiger partial charge in [-0.05, 0) is 43.7 Å². The molecule has 0 saturated heterocycles. The van der Waals surface area contributed by atoms with E-state index in [1.807, 2.05) is 25.1 Å². The molecule has 1 heterocycles. The lowest BCUT2D eigenvalue weighted by Crippen LogP contribution is -2.05. The number of aromatic nitrogens is 1. The lowest BCUT2D eigenvalue weighted by molar-refractivity contribution is 0.443. The number of thiazole rings is 1. The minimum atomic E-state index is 0.743. The molecule has 1 aliphatic carbocycles. The Kier molecular flexibility index (Phi) is 5.87. The van der Waals surface area contributed by atoms with Crippen molar-refractivity contribution in [3.05, 3.63) is 70.6 Å². The summed E-state index contributed by atoms with van der Waals surface area (Å²) in [6, 6.07) is 19.3. The van der Waals surface area contributed by atoms with Gasteiger partial charge in [0.25, 0.3) is 0 Å². The third kappa shape index (κ3) is 4.33. The Morgan fingerprint density at radius 2 is 1.71 bits per heavy atom. The Morgan fingerprint density at radius 1 is 1.00 bits per heavy atom. The van der Waals surface area contributed by atoms with E-state index >= 15 is 0 Å². The normalized spacial score (nSPS) is 15.6. The Morgan fingerprint density at radius 3 is 2.43 bits per heavy atom. The van der Waals surface area contributed by atoms with Crippen LogP contribution in [0.3, 0.4) is 0 Å². The van der Waals surface area contributed by atoms with E-state index in [1.165, 1.54) is 42.5 Å². The molecule has 0 unspecified atom stereocenters. The first kappa shape index (κ1) is 18.9. The zero-order chi connectivity index (χ0) is 19.3. The van der Waals surface area contributed by atoms with Crippen LogP contribution >= 0.6 is 11.3 Å². The minimum Gasteiger partial charge on any atom is -0.252 e. The standard InChI is InChI=1S/C24H27N3S/c1-17(19-13-15-21(16-14-19)20-9-5-3-6-10-20)26-27-24-25-23(18(2)28-24)22-11-7-4-8-12-22/h4,7-8,11-16,20H,3,5-6,9-10H2,1-2H3,(H,25,27)/b26-17+. The lowest BCUT2D eigenvalue weighted by atomic mass is 9.84. The van der Waals surface area contributed by atoms with Crippen molar-refractivity contribution in [2.24, 2.45) is 5.10 Å². The Bertz CT molecular complexity index is 936. The fourth-order valence-electron chi connectivity index (χ4n) is 3.94. The largest absolute Gasteiger partial charge is 0.252 e. The molecule has 4 rings (SSSR count). The predicted octanol–water partition coefficient (Wildman–Crippen LogP) is 7.00. The first-order valence-corrected chi connectivity index (χ1v) is 11.0. The van der Waals surface area contributed by atoms with Gasteiger partial charge in [-0.2, -0.15) is 5.10 Å². The van der Waals surface area contributed by atoms with Crippen molar-refractivity contribution in [1.29, 1.82) is 0 Å². The van der Waals surface area contributed by atoms with Gasteiger partial charge in [0.1, 0.15) is 0 Å². The fraction of sp³-hybridized carbons (Fsp3) is 0.333. The quantitative estimate of drug-likeness (QED) is 0.377. The van der Waals surface area contributed by atoms with Crippen LogP contribution in [-0.2, 0) is 0 Å². The molecule has 3 nitrogen and oxygen atoms in total. The highest BCUT2D eigenvalue weighted by Crippen LogP contribution is 2.33. The number of hydrogen-bond donors (Lipinski definition) is 1. The smallest absolute Gasteiger partial charge is 0.204 e. The molecule has 1 saturated carbocycles. The number of hydrogen-bond acceptors (Lipinski definition) is 4. The molecule has 4 heteroatoms. The minimum absolute atomic E-state index is 0.743. The van der Waals surface area contributed by atoms with Gasteiger partial charge in [-0.25, -0.2) is 4.98 Å². The van der Waals surface area contributed by atoms with Gasteiger partial charge in [0.15, 0.2) is 0 Å². The van der Waals surface area contributed by atoms with Crippen LogP contribution in [0.4, 0.5) is 5.13 Å². The summed E-state index contributed by atoms with van der Waals surface area (Å²) >= 11 is 1.64. The highest BCUT2D eigenvalue weighted by Gasteiger charge is 2.15. The predicted molar refractivity (Wildman–Crippen MR) is 120 cm³/mol. The number of rotatable bonds is 5. The third-order valence-electron chi connectivity index (χ3n) is 5.57. The first-order valence-electron chi connectivity index (χ1n) is 10.1. The molecule has 1 N–H and O–H groups in total. The van der Waals surface area contributed by atoms with Gasteiger partial charge in [0, 0.05) is 10.4 Å². The van der Waals surface area contributed by atoms with Gasteiger partial charge in [-0.15, -0.1) is 11.3 Å². The molecule has 0 bridgehead atoms. The maximum Gasteiger partial charge on any atom is 0.204 e. The van der Waals surface area contributed by atoms with E-state index in [1.54, 1.807) is 11.3 Å². The SMILES string of the molecule is C/C(=N\Nc1nc(-c2ccccc2)c(C)s1)c1ccc(C2CCCCC2)cc1. The van der Waals surface area contributed by atoms with E-state index in [2.05, 4.69) is 53.8 Å². The summed E-state index contributed by atoms with van der Waals surface area (Å²) < 4.78 is 0. The van der Waals surface area contributed by atoms with Crippen molar-refractivity contribution < 1.29 is 0 Å². The van der Waals surface area contributed by atoms with Gasteiger partial charge in [-0.1, -0.05) is 73.9 Å². The van der Waals surface area contributed by atoms with Crippen molar-refractivity contribution in [1.82, 2.24) is 4.98 Å². The number of anilines is 1. The second-order valence-corrected chi connectivity index (χ2v) is 8.76. The number of benzene rings is 2. The highest BCUT2D eigenvalue weighted by molar-refractivity contribution is 7.16. The summed E-state index contributed by atoms with van der Waals surface area (Å²) in [6.45, 7) is 4.15. The molecule has 1 fully saturated rings. The Hall–Kier alpha value is -2.46. The Balaban J connectivity index is 1.44. The van der Waals surface area contributed by atoms with E-state index in [4.69, 9.17) is 4.98 Å². The van der Waals surface area contributed by atoms with E-state index in [9.17, 15) is 0 Å². The van der Waals surface area contributed by atoms with Gasteiger partial charge in [0.05, 0.1) is 11.4 Å². The zero-order valence-corrected chi connectivity index (χ0v) is 17.4. The summed E-state index contributed by atoms with van der Waals surface area (Å²) in [5.74, 6) is 0.743. The zero-order valence-electron chi connectivity index (χ0n) is 16.6. The lowest BCUT2D eigenvalue weighted by Gasteiger charge is -2.22. The van der Waals surface area contributed by atoms with Crippen LogP contribution in [0.25, 0.3) is 11.3 Å². The maximum atomic E-state index is 4.72. The van der Waals surface area contributed by atoms with Crippen molar-refractivity contribution in [3.8, 4) is 11.3 Å². The maximum absolute atomic E-state index is 4.72. The molecule has 0 amide bonds. The molecule has 0 spiro atoms. The molecular formula is C24H27N3S. The summed E-state index contributed by atoms with van der Waals surface area (Å²) in [4.78, 5) is 5.91. The average molecular weight is 390 g/mol. The van der Waals surface area contributed by atoms with Crippen molar-refractivity contribution >= 4 is 22.2 Å². The monoisotopic (exact) mass is 389 g/mol. The first-order chi connectivity index (χ1) is 13.7. The molecule has 0 atom stereocenters. The van der Waals surface area contributed by atoms with Crippen molar-refractivity contribution in [2.75, 3.05) is 5.43 Å². The average Bonchev–Trinajstić information content (AvgIpc) is 3.14. The number of hydrazone groups is 1. The van der Waals surface area contributed by atoms with Gasteiger partial charge >= 0.3 is 0 Å². The van der Waals surface area contributed by atoms with Crippen molar-refractivity contribution in [3.63, 3.8) is 0 Å². The Labute approximate surface area is 171 Å². The van der Waals surface area contributed by atoms with Crippen LogP contribution in [0.2, 0.25) is 0 Å². The molecule has 1 aliphatic rings. The van der Waals surface area contributed by atoms with Gasteiger partial charge in [-0.3, -0.25) is 5.43 Å². The molecule has 2 aromatic carbocycles. The highest BCUT2D eigenvalue weighted by atomic mass is 32.1. The third-order valence-corrected chi connectivity index (χ3v) is 6.44. The molecule has 28 heavy (non-hydrogen) atoms.